The smallest absolute Gasteiger partial charge is 0.159 e. The van der Waals surface area contributed by atoms with E-state index < -0.39 is 0 Å². The molecular formula is C7H7N5. The molecule has 0 aliphatic rings. The summed E-state index contributed by atoms with van der Waals surface area (Å²) in [6, 6.07) is 3.64. The van der Waals surface area contributed by atoms with Crippen LogP contribution in [0.3, 0.4) is 0 Å². The first-order valence-corrected chi connectivity index (χ1v) is 3.44. The average molecular weight is 161 g/mol. The highest BCUT2D eigenvalue weighted by atomic mass is 15.2. The Morgan fingerprint density at radius 2 is 2.25 bits per heavy atom. The van der Waals surface area contributed by atoms with E-state index in [0.717, 1.165) is 5.56 Å². The van der Waals surface area contributed by atoms with Crippen molar-refractivity contribution in [2.75, 3.05) is 5.73 Å². The summed E-state index contributed by atoms with van der Waals surface area (Å²) >= 11 is 0. The van der Waals surface area contributed by atoms with Gasteiger partial charge in [-0.2, -0.15) is 5.10 Å². The van der Waals surface area contributed by atoms with Gasteiger partial charge in [0.25, 0.3) is 0 Å². The lowest BCUT2D eigenvalue weighted by Gasteiger charge is -1.97. The monoisotopic (exact) mass is 161 g/mol. The molecule has 0 spiro atoms. The van der Waals surface area contributed by atoms with E-state index in [4.69, 9.17) is 5.73 Å². The molecule has 0 aromatic carbocycles. The third-order valence-electron chi connectivity index (χ3n) is 1.51. The molecule has 2 rings (SSSR count). The fourth-order valence-corrected chi connectivity index (χ4v) is 0.953. The minimum atomic E-state index is 0.453. The van der Waals surface area contributed by atoms with Crippen LogP contribution in [0.5, 0.6) is 0 Å². The maximum Gasteiger partial charge on any atom is 0.159 e. The molecule has 0 amide bonds. The normalized spacial score (nSPS) is 10.0. The third-order valence-corrected chi connectivity index (χ3v) is 1.51. The Kier molecular flexibility index (Phi) is 1.48. The maximum absolute atomic E-state index is 5.61. The fourth-order valence-electron chi connectivity index (χ4n) is 0.953. The van der Waals surface area contributed by atoms with Crippen molar-refractivity contribution in [1.82, 2.24) is 20.2 Å². The molecule has 3 N–H and O–H groups in total. The van der Waals surface area contributed by atoms with Crippen molar-refractivity contribution >= 4 is 5.82 Å². The molecule has 60 valence electrons. The zero-order valence-corrected chi connectivity index (χ0v) is 6.23. The number of H-pyrrole nitrogens is 1. The lowest BCUT2D eigenvalue weighted by molar-refractivity contribution is 1.09. The van der Waals surface area contributed by atoms with Gasteiger partial charge < -0.3 is 5.73 Å². The zero-order chi connectivity index (χ0) is 8.39. The Bertz CT molecular complexity index is 367. The van der Waals surface area contributed by atoms with Crippen LogP contribution < -0.4 is 5.73 Å². The quantitative estimate of drug-likeness (QED) is 0.636. The van der Waals surface area contributed by atoms with Gasteiger partial charge in [0.1, 0.15) is 12.1 Å². The Morgan fingerprint density at radius 3 is 2.92 bits per heavy atom. The van der Waals surface area contributed by atoms with Crippen molar-refractivity contribution in [1.29, 1.82) is 0 Å². The van der Waals surface area contributed by atoms with E-state index in [2.05, 4.69) is 20.2 Å². The Balaban J connectivity index is 2.55. The molecule has 0 aliphatic heterocycles. The summed E-state index contributed by atoms with van der Waals surface area (Å²) in [6.45, 7) is 0. The molecule has 0 radical (unpaired) electrons. The van der Waals surface area contributed by atoms with Crippen LogP contribution in [0.25, 0.3) is 11.4 Å². The molecule has 0 bridgehead atoms. The van der Waals surface area contributed by atoms with Crippen LogP contribution in [-0.4, -0.2) is 20.2 Å². The lowest BCUT2D eigenvalue weighted by atomic mass is 10.2. The molecule has 0 aliphatic carbocycles. The molecule has 0 saturated heterocycles. The van der Waals surface area contributed by atoms with Crippen LogP contribution in [0.1, 0.15) is 0 Å². The average Bonchev–Trinajstić information content (AvgIpc) is 2.57. The van der Waals surface area contributed by atoms with Gasteiger partial charge in [-0.1, -0.05) is 0 Å². The van der Waals surface area contributed by atoms with Crippen molar-refractivity contribution in [2.45, 2.75) is 0 Å². The number of nitrogen functional groups attached to an aromatic ring is 1. The van der Waals surface area contributed by atoms with Gasteiger partial charge in [0.05, 0.1) is 5.56 Å². The van der Waals surface area contributed by atoms with Gasteiger partial charge in [-0.15, -0.1) is 0 Å². The second-order valence-electron chi connectivity index (χ2n) is 2.27. The predicted octanol–water partition coefficient (Wildman–Crippen LogP) is 0.449. The number of anilines is 1. The van der Waals surface area contributed by atoms with E-state index >= 15 is 0 Å². The van der Waals surface area contributed by atoms with E-state index in [1.54, 1.807) is 12.3 Å². The Hall–Kier alpha value is -1.91. The third kappa shape index (κ3) is 1.01. The summed E-state index contributed by atoms with van der Waals surface area (Å²) in [5, 5.41) is 6.43. The Labute approximate surface area is 68.7 Å². The number of hydrogen-bond acceptors (Lipinski definition) is 4. The summed E-state index contributed by atoms with van der Waals surface area (Å²) < 4.78 is 0. The minimum absolute atomic E-state index is 0.453. The highest BCUT2D eigenvalue weighted by molar-refractivity contribution is 5.67. The van der Waals surface area contributed by atoms with E-state index in [-0.39, 0.29) is 0 Å². The first-order chi connectivity index (χ1) is 5.88. The van der Waals surface area contributed by atoms with Crippen molar-refractivity contribution in [3.8, 4) is 11.4 Å². The van der Waals surface area contributed by atoms with Gasteiger partial charge in [0.15, 0.2) is 5.82 Å². The minimum Gasteiger partial charge on any atom is -0.383 e. The number of nitrogens with two attached hydrogens (primary N) is 1. The van der Waals surface area contributed by atoms with Gasteiger partial charge in [0.2, 0.25) is 0 Å². The van der Waals surface area contributed by atoms with Gasteiger partial charge in [0, 0.05) is 6.20 Å². The molecule has 0 unspecified atom stereocenters. The molecule has 12 heavy (non-hydrogen) atoms. The van der Waals surface area contributed by atoms with E-state index in [1.807, 2.05) is 6.07 Å². The largest absolute Gasteiger partial charge is 0.383 e. The molecular weight excluding hydrogens is 154 g/mol. The zero-order valence-electron chi connectivity index (χ0n) is 6.23. The van der Waals surface area contributed by atoms with Gasteiger partial charge >= 0.3 is 0 Å². The van der Waals surface area contributed by atoms with Crippen LogP contribution in [0.15, 0.2) is 24.7 Å². The number of pyridine rings is 1. The predicted molar refractivity (Wildman–Crippen MR) is 44.0 cm³/mol. The topological polar surface area (TPSA) is 80.5 Å². The highest BCUT2D eigenvalue weighted by Crippen LogP contribution is 2.17. The van der Waals surface area contributed by atoms with Crippen molar-refractivity contribution < 1.29 is 0 Å². The standard InChI is InChI=1S/C7H7N5/c8-6-5(2-1-3-9-6)7-10-4-11-12-7/h1-4H,(H2,8,9)(H,10,11,12). The number of nitrogens with one attached hydrogen (secondary N) is 1. The summed E-state index contributed by atoms with van der Waals surface area (Å²) in [7, 11) is 0. The molecule has 0 atom stereocenters. The number of nitrogens with zero attached hydrogens (tertiary/aromatic N) is 3. The van der Waals surface area contributed by atoms with Gasteiger partial charge in [-0.25, -0.2) is 9.97 Å². The first kappa shape index (κ1) is 6.78. The second kappa shape index (κ2) is 2.61. The number of aromatic nitrogens is 4. The lowest BCUT2D eigenvalue weighted by Crippen LogP contribution is -1.93. The van der Waals surface area contributed by atoms with Crippen LogP contribution in [0, 0.1) is 0 Å². The van der Waals surface area contributed by atoms with Crippen LogP contribution in [0.4, 0.5) is 5.82 Å². The molecule has 2 aromatic heterocycles. The van der Waals surface area contributed by atoms with Gasteiger partial charge in [-0.05, 0) is 12.1 Å². The van der Waals surface area contributed by atoms with Crippen molar-refractivity contribution in [3.05, 3.63) is 24.7 Å². The van der Waals surface area contributed by atoms with Gasteiger partial charge in [-0.3, -0.25) is 5.10 Å². The highest BCUT2D eigenvalue weighted by Gasteiger charge is 2.03. The summed E-state index contributed by atoms with van der Waals surface area (Å²) in [5.74, 6) is 1.09. The Morgan fingerprint density at radius 1 is 1.33 bits per heavy atom. The SMILES string of the molecule is Nc1ncccc1-c1ncn[nH]1. The fraction of sp³-hybridized carbons (Fsp3) is 0. The molecule has 5 heteroatoms. The molecule has 0 saturated carbocycles. The summed E-state index contributed by atoms with van der Waals surface area (Å²) in [5.41, 5.74) is 6.39. The van der Waals surface area contributed by atoms with E-state index in [0.29, 0.717) is 11.6 Å². The molecule has 5 nitrogen and oxygen atoms in total. The van der Waals surface area contributed by atoms with Crippen LogP contribution in [0.2, 0.25) is 0 Å². The number of hydrogen-bond donors (Lipinski definition) is 2. The molecule has 2 aromatic rings. The van der Waals surface area contributed by atoms with E-state index in [9.17, 15) is 0 Å². The van der Waals surface area contributed by atoms with Crippen LogP contribution in [-0.2, 0) is 0 Å². The maximum atomic E-state index is 5.61. The summed E-state index contributed by atoms with van der Waals surface area (Å²) in [6.07, 6.45) is 3.07. The summed E-state index contributed by atoms with van der Waals surface area (Å²) in [4.78, 5) is 7.89. The van der Waals surface area contributed by atoms with Crippen molar-refractivity contribution in [3.63, 3.8) is 0 Å². The number of aromatic amines is 1. The van der Waals surface area contributed by atoms with Crippen molar-refractivity contribution in [2.24, 2.45) is 0 Å². The van der Waals surface area contributed by atoms with Crippen LogP contribution >= 0.6 is 0 Å². The molecule has 0 fully saturated rings. The first-order valence-electron chi connectivity index (χ1n) is 3.44. The number of rotatable bonds is 1. The molecule has 2 heterocycles. The van der Waals surface area contributed by atoms with E-state index in [1.165, 1.54) is 6.33 Å². The second-order valence-corrected chi connectivity index (χ2v) is 2.27.